The SMILES string of the molecule is CC(C)C1(C(=O)NC(C(=O)O)C(C)(C)C)CCNC1. The Kier molecular flexibility index (Phi) is 4.61. The molecule has 1 aliphatic heterocycles. The summed E-state index contributed by atoms with van der Waals surface area (Å²) in [4.78, 5) is 23.9. The molecule has 2 atom stereocenters. The van der Waals surface area contributed by atoms with Gasteiger partial charge in [0.1, 0.15) is 6.04 Å². The zero-order chi connectivity index (χ0) is 14.8. The van der Waals surface area contributed by atoms with Gasteiger partial charge in [-0.25, -0.2) is 4.79 Å². The molecule has 0 radical (unpaired) electrons. The molecule has 0 spiro atoms. The van der Waals surface area contributed by atoms with Crippen LogP contribution in [0, 0.1) is 16.7 Å². The van der Waals surface area contributed by atoms with Crippen molar-refractivity contribution >= 4 is 11.9 Å². The Hall–Kier alpha value is -1.10. The second-order valence-electron chi connectivity index (χ2n) is 6.85. The number of aliphatic carboxylic acids is 1. The summed E-state index contributed by atoms with van der Waals surface area (Å²) < 4.78 is 0. The van der Waals surface area contributed by atoms with Crippen molar-refractivity contribution in [2.24, 2.45) is 16.7 Å². The maximum Gasteiger partial charge on any atom is 0.326 e. The van der Waals surface area contributed by atoms with Gasteiger partial charge in [-0.05, 0) is 24.3 Å². The van der Waals surface area contributed by atoms with Crippen molar-refractivity contribution in [3.8, 4) is 0 Å². The highest BCUT2D eigenvalue weighted by Gasteiger charge is 2.46. The smallest absolute Gasteiger partial charge is 0.326 e. The summed E-state index contributed by atoms with van der Waals surface area (Å²) in [6.45, 7) is 10.9. The lowest BCUT2D eigenvalue weighted by Crippen LogP contribution is -2.55. The fourth-order valence-electron chi connectivity index (χ4n) is 2.58. The number of carbonyl (C=O) groups is 2. The van der Waals surface area contributed by atoms with E-state index in [0.29, 0.717) is 6.54 Å². The molecule has 5 nitrogen and oxygen atoms in total. The van der Waals surface area contributed by atoms with E-state index >= 15 is 0 Å². The molecule has 0 aliphatic carbocycles. The minimum absolute atomic E-state index is 0.144. The Balaban J connectivity index is 2.90. The molecule has 5 heteroatoms. The summed E-state index contributed by atoms with van der Waals surface area (Å²) >= 11 is 0. The normalized spacial score (nSPS) is 25.4. The van der Waals surface area contributed by atoms with Crippen LogP contribution in [-0.2, 0) is 9.59 Å². The quantitative estimate of drug-likeness (QED) is 0.718. The van der Waals surface area contributed by atoms with Gasteiger partial charge < -0.3 is 15.7 Å². The van der Waals surface area contributed by atoms with Crippen LogP contribution < -0.4 is 10.6 Å². The van der Waals surface area contributed by atoms with Crippen LogP contribution in [0.25, 0.3) is 0 Å². The second-order valence-corrected chi connectivity index (χ2v) is 6.85. The average molecular weight is 270 g/mol. The van der Waals surface area contributed by atoms with Gasteiger partial charge in [0, 0.05) is 6.54 Å². The zero-order valence-electron chi connectivity index (χ0n) is 12.5. The molecule has 2 unspecified atom stereocenters. The van der Waals surface area contributed by atoms with Crippen molar-refractivity contribution in [2.75, 3.05) is 13.1 Å². The van der Waals surface area contributed by atoms with E-state index < -0.39 is 22.8 Å². The fourth-order valence-corrected chi connectivity index (χ4v) is 2.58. The molecular formula is C14H26N2O3. The van der Waals surface area contributed by atoms with E-state index in [1.165, 1.54) is 0 Å². The summed E-state index contributed by atoms with van der Waals surface area (Å²) in [5.41, 5.74) is -0.995. The number of carboxylic acids is 1. The highest BCUT2D eigenvalue weighted by molar-refractivity contribution is 5.88. The Bertz CT molecular complexity index is 352. The second kappa shape index (κ2) is 5.49. The predicted molar refractivity (Wildman–Crippen MR) is 73.8 cm³/mol. The third-order valence-electron chi connectivity index (χ3n) is 4.13. The molecule has 3 N–H and O–H groups in total. The summed E-state index contributed by atoms with van der Waals surface area (Å²) in [6.07, 6.45) is 0.757. The highest BCUT2D eigenvalue weighted by Crippen LogP contribution is 2.35. The van der Waals surface area contributed by atoms with Gasteiger partial charge in [0.05, 0.1) is 5.41 Å². The molecule has 1 heterocycles. The molecule has 0 aromatic carbocycles. The lowest BCUT2D eigenvalue weighted by Gasteiger charge is -2.35. The predicted octanol–water partition coefficient (Wildman–Crippen LogP) is 1.24. The number of rotatable bonds is 4. The van der Waals surface area contributed by atoms with Crippen LogP contribution in [0.5, 0.6) is 0 Å². The van der Waals surface area contributed by atoms with Crippen molar-refractivity contribution in [2.45, 2.75) is 47.1 Å². The van der Waals surface area contributed by atoms with E-state index in [0.717, 1.165) is 13.0 Å². The lowest BCUT2D eigenvalue weighted by molar-refractivity contribution is -0.147. The first-order valence-electron chi connectivity index (χ1n) is 6.86. The molecule has 1 fully saturated rings. The van der Waals surface area contributed by atoms with Crippen molar-refractivity contribution in [3.63, 3.8) is 0 Å². The number of carbonyl (C=O) groups excluding carboxylic acids is 1. The number of amides is 1. The van der Waals surface area contributed by atoms with Crippen molar-refractivity contribution in [1.82, 2.24) is 10.6 Å². The van der Waals surface area contributed by atoms with Gasteiger partial charge in [0.25, 0.3) is 0 Å². The molecule has 110 valence electrons. The van der Waals surface area contributed by atoms with Crippen molar-refractivity contribution in [1.29, 1.82) is 0 Å². The summed E-state index contributed by atoms with van der Waals surface area (Å²) in [5.74, 6) is -0.947. The van der Waals surface area contributed by atoms with Gasteiger partial charge in [-0.3, -0.25) is 4.79 Å². The third kappa shape index (κ3) is 3.26. The number of carboxylic acid groups (broad SMARTS) is 1. The van der Waals surface area contributed by atoms with Gasteiger partial charge in [0.2, 0.25) is 5.91 Å². The van der Waals surface area contributed by atoms with Gasteiger partial charge in [0.15, 0.2) is 0 Å². The topological polar surface area (TPSA) is 78.4 Å². The maximum atomic E-state index is 12.6. The van der Waals surface area contributed by atoms with Crippen LogP contribution in [0.2, 0.25) is 0 Å². The van der Waals surface area contributed by atoms with E-state index in [1.807, 2.05) is 34.6 Å². The van der Waals surface area contributed by atoms with E-state index in [1.54, 1.807) is 0 Å². The molecule has 19 heavy (non-hydrogen) atoms. The first kappa shape index (κ1) is 16.0. The minimum atomic E-state index is -0.981. The average Bonchev–Trinajstić information content (AvgIpc) is 2.73. The highest BCUT2D eigenvalue weighted by atomic mass is 16.4. The molecule has 1 amide bonds. The van der Waals surface area contributed by atoms with E-state index in [4.69, 9.17) is 0 Å². The van der Waals surface area contributed by atoms with Crippen LogP contribution in [0.1, 0.15) is 41.0 Å². The van der Waals surface area contributed by atoms with Gasteiger partial charge in [-0.15, -0.1) is 0 Å². The number of hydrogen-bond donors (Lipinski definition) is 3. The van der Waals surface area contributed by atoms with Crippen molar-refractivity contribution < 1.29 is 14.7 Å². The molecule has 0 aromatic heterocycles. The van der Waals surface area contributed by atoms with Crippen LogP contribution in [-0.4, -0.2) is 36.1 Å². The Morgan fingerprint density at radius 3 is 2.21 bits per heavy atom. The Morgan fingerprint density at radius 1 is 1.32 bits per heavy atom. The van der Waals surface area contributed by atoms with E-state index in [9.17, 15) is 14.7 Å². The monoisotopic (exact) mass is 270 g/mol. The molecule has 0 saturated carbocycles. The van der Waals surface area contributed by atoms with Crippen molar-refractivity contribution in [3.05, 3.63) is 0 Å². The molecule has 0 aromatic rings. The first-order valence-corrected chi connectivity index (χ1v) is 6.86. The first-order chi connectivity index (χ1) is 8.61. The molecule has 1 rings (SSSR count). The van der Waals surface area contributed by atoms with Gasteiger partial charge in [-0.1, -0.05) is 34.6 Å². The molecule has 0 bridgehead atoms. The van der Waals surface area contributed by atoms with Crippen LogP contribution in [0.4, 0.5) is 0 Å². The summed E-state index contributed by atoms with van der Waals surface area (Å²) in [7, 11) is 0. The lowest BCUT2D eigenvalue weighted by atomic mass is 9.75. The summed E-state index contributed by atoms with van der Waals surface area (Å²) in [5, 5.41) is 15.2. The Morgan fingerprint density at radius 2 is 1.89 bits per heavy atom. The minimum Gasteiger partial charge on any atom is -0.480 e. The molecule has 1 saturated heterocycles. The van der Waals surface area contributed by atoms with Crippen LogP contribution in [0.15, 0.2) is 0 Å². The number of hydrogen-bond acceptors (Lipinski definition) is 3. The summed E-state index contributed by atoms with van der Waals surface area (Å²) in [6, 6.07) is -0.865. The van der Waals surface area contributed by atoms with Crippen LogP contribution in [0.3, 0.4) is 0 Å². The fraction of sp³-hybridized carbons (Fsp3) is 0.857. The molecule has 1 aliphatic rings. The van der Waals surface area contributed by atoms with Gasteiger partial charge in [-0.2, -0.15) is 0 Å². The maximum absolute atomic E-state index is 12.6. The van der Waals surface area contributed by atoms with Crippen LogP contribution >= 0.6 is 0 Å². The van der Waals surface area contributed by atoms with E-state index in [-0.39, 0.29) is 11.8 Å². The van der Waals surface area contributed by atoms with E-state index in [2.05, 4.69) is 10.6 Å². The molecular weight excluding hydrogens is 244 g/mol. The largest absolute Gasteiger partial charge is 0.480 e. The standard InChI is InChI=1S/C14H26N2O3/c1-9(2)14(6-7-15-8-14)12(19)16-10(11(17)18)13(3,4)5/h9-10,15H,6-8H2,1-5H3,(H,16,19)(H,17,18). The Labute approximate surface area is 115 Å². The zero-order valence-corrected chi connectivity index (χ0v) is 12.5. The van der Waals surface area contributed by atoms with Gasteiger partial charge >= 0.3 is 5.97 Å². The number of nitrogens with one attached hydrogen (secondary N) is 2. The third-order valence-corrected chi connectivity index (χ3v) is 4.13.